The fraction of sp³-hybridized carbons (Fsp3) is 0.0769. The lowest BCUT2D eigenvalue weighted by Gasteiger charge is -2.10. The highest BCUT2D eigenvalue weighted by molar-refractivity contribution is 9.10. The van der Waals surface area contributed by atoms with E-state index in [1.807, 2.05) is 6.92 Å². The molecule has 3 nitrogen and oxygen atoms in total. The van der Waals surface area contributed by atoms with Crippen molar-refractivity contribution in [3.05, 3.63) is 57.3 Å². The zero-order valence-corrected chi connectivity index (χ0v) is 13.5. The number of hydrogen-bond donors (Lipinski definition) is 1. The van der Waals surface area contributed by atoms with Crippen molar-refractivity contribution in [1.82, 2.24) is 0 Å². The van der Waals surface area contributed by atoms with Crippen molar-refractivity contribution in [2.24, 2.45) is 0 Å². The average Bonchev–Trinajstić information content (AvgIpc) is 2.33. The lowest BCUT2D eigenvalue weighted by Crippen LogP contribution is -2.13. The van der Waals surface area contributed by atoms with Crippen LogP contribution >= 0.6 is 27.5 Å². The van der Waals surface area contributed by atoms with E-state index in [2.05, 4.69) is 20.7 Å². The molecule has 0 unspecified atom stereocenters. The molecule has 106 valence electrons. The van der Waals surface area contributed by atoms with Crippen LogP contribution in [0.3, 0.4) is 0 Å². The summed E-state index contributed by atoms with van der Waals surface area (Å²) in [5, 5.41) is -0.0653. The average molecular weight is 379 g/mol. The van der Waals surface area contributed by atoms with Crippen LogP contribution in [-0.2, 0) is 10.0 Å². The normalized spacial score (nSPS) is 11.4. The predicted molar refractivity (Wildman–Crippen MR) is 81.1 cm³/mol. The maximum absolute atomic E-state index is 13.3. The molecule has 0 saturated heterocycles. The second-order valence-electron chi connectivity index (χ2n) is 4.17. The molecule has 0 aliphatic carbocycles. The first-order valence-corrected chi connectivity index (χ1v) is 8.19. The molecular formula is C13H10BrClFNO2S. The van der Waals surface area contributed by atoms with Crippen LogP contribution in [0.4, 0.5) is 10.1 Å². The van der Waals surface area contributed by atoms with Gasteiger partial charge in [0.2, 0.25) is 0 Å². The van der Waals surface area contributed by atoms with Crippen LogP contribution in [0.5, 0.6) is 0 Å². The molecule has 0 fully saturated rings. The molecule has 0 amide bonds. The van der Waals surface area contributed by atoms with Gasteiger partial charge in [0.1, 0.15) is 10.7 Å². The van der Waals surface area contributed by atoms with Gasteiger partial charge < -0.3 is 0 Å². The maximum Gasteiger partial charge on any atom is 0.263 e. The third-order valence-corrected chi connectivity index (χ3v) is 5.21. The topological polar surface area (TPSA) is 46.2 Å². The Labute approximate surface area is 130 Å². The number of benzene rings is 2. The van der Waals surface area contributed by atoms with Gasteiger partial charge >= 0.3 is 0 Å². The molecule has 0 atom stereocenters. The van der Waals surface area contributed by atoms with Crippen molar-refractivity contribution in [2.45, 2.75) is 11.8 Å². The number of anilines is 1. The Morgan fingerprint density at radius 3 is 2.50 bits per heavy atom. The first kappa shape index (κ1) is 15.3. The van der Waals surface area contributed by atoms with E-state index in [0.717, 1.165) is 11.6 Å². The van der Waals surface area contributed by atoms with Gasteiger partial charge in [-0.15, -0.1) is 0 Å². The van der Waals surface area contributed by atoms with Gasteiger partial charge in [-0.1, -0.05) is 17.7 Å². The Bertz CT molecular complexity index is 765. The summed E-state index contributed by atoms with van der Waals surface area (Å²) in [6, 6.07) is 8.57. The van der Waals surface area contributed by atoms with Crippen molar-refractivity contribution >= 4 is 43.2 Å². The summed E-state index contributed by atoms with van der Waals surface area (Å²) in [6.07, 6.45) is 0. The minimum atomic E-state index is -3.80. The summed E-state index contributed by atoms with van der Waals surface area (Å²) < 4.78 is 40.5. The van der Waals surface area contributed by atoms with Crippen LogP contribution in [0.2, 0.25) is 5.02 Å². The highest BCUT2D eigenvalue weighted by atomic mass is 79.9. The molecule has 7 heteroatoms. The van der Waals surface area contributed by atoms with Gasteiger partial charge in [-0.2, -0.15) is 0 Å². The van der Waals surface area contributed by atoms with Crippen molar-refractivity contribution in [3.63, 3.8) is 0 Å². The van der Waals surface area contributed by atoms with Gasteiger partial charge in [-0.3, -0.25) is 4.72 Å². The lowest BCUT2D eigenvalue weighted by atomic mass is 10.2. The van der Waals surface area contributed by atoms with E-state index >= 15 is 0 Å². The van der Waals surface area contributed by atoms with E-state index in [9.17, 15) is 12.8 Å². The third kappa shape index (κ3) is 3.31. The molecule has 2 rings (SSSR count). The van der Waals surface area contributed by atoms with Crippen LogP contribution in [0, 0.1) is 12.7 Å². The minimum Gasteiger partial charge on any atom is -0.279 e. The van der Waals surface area contributed by atoms with Gasteiger partial charge in [0.15, 0.2) is 0 Å². The first-order valence-electron chi connectivity index (χ1n) is 5.53. The van der Waals surface area contributed by atoms with Crippen LogP contribution < -0.4 is 4.72 Å². The zero-order chi connectivity index (χ0) is 14.9. The predicted octanol–water partition coefficient (Wildman–Crippen LogP) is 4.35. The van der Waals surface area contributed by atoms with Gasteiger partial charge in [-0.05, 0) is 58.7 Å². The summed E-state index contributed by atoms with van der Waals surface area (Å²) in [7, 11) is -3.80. The second kappa shape index (κ2) is 5.71. The Morgan fingerprint density at radius 1 is 1.20 bits per heavy atom. The van der Waals surface area contributed by atoms with E-state index < -0.39 is 15.8 Å². The Balaban J connectivity index is 2.38. The van der Waals surface area contributed by atoms with Crippen LogP contribution in [0.1, 0.15) is 5.56 Å². The Hall–Kier alpha value is -1.11. The van der Waals surface area contributed by atoms with Crippen molar-refractivity contribution in [3.8, 4) is 0 Å². The van der Waals surface area contributed by atoms with E-state index in [0.29, 0.717) is 4.47 Å². The van der Waals surface area contributed by atoms with Crippen LogP contribution in [-0.4, -0.2) is 8.42 Å². The van der Waals surface area contributed by atoms with Crippen molar-refractivity contribution < 1.29 is 12.8 Å². The molecular weight excluding hydrogens is 369 g/mol. The zero-order valence-electron chi connectivity index (χ0n) is 10.3. The molecule has 0 heterocycles. The molecule has 0 bridgehead atoms. The number of rotatable bonds is 3. The van der Waals surface area contributed by atoms with Crippen LogP contribution in [0.15, 0.2) is 45.8 Å². The number of sulfonamides is 1. The summed E-state index contributed by atoms with van der Waals surface area (Å²) in [5.74, 6) is -0.685. The van der Waals surface area contributed by atoms with E-state index in [4.69, 9.17) is 11.6 Å². The molecule has 2 aromatic rings. The van der Waals surface area contributed by atoms with E-state index in [-0.39, 0.29) is 15.6 Å². The first-order chi connectivity index (χ1) is 9.29. The number of hydrogen-bond acceptors (Lipinski definition) is 2. The Morgan fingerprint density at radius 2 is 1.90 bits per heavy atom. The molecule has 0 spiro atoms. The van der Waals surface area contributed by atoms with E-state index in [1.54, 1.807) is 12.1 Å². The SMILES string of the molecule is Cc1ccc(S(=O)(=O)Nc2ccc(Cl)c(F)c2)c(Br)c1. The molecule has 0 saturated carbocycles. The minimum absolute atomic E-state index is 0.0653. The summed E-state index contributed by atoms with van der Waals surface area (Å²) in [4.78, 5) is 0.0819. The highest BCUT2D eigenvalue weighted by Gasteiger charge is 2.18. The lowest BCUT2D eigenvalue weighted by molar-refractivity contribution is 0.600. The molecule has 2 aromatic carbocycles. The summed E-state index contributed by atoms with van der Waals surface area (Å²) in [6.45, 7) is 1.85. The number of nitrogens with one attached hydrogen (secondary N) is 1. The fourth-order valence-electron chi connectivity index (χ4n) is 1.59. The quantitative estimate of drug-likeness (QED) is 0.863. The van der Waals surface area contributed by atoms with Crippen molar-refractivity contribution in [1.29, 1.82) is 0 Å². The van der Waals surface area contributed by atoms with Gasteiger partial charge in [-0.25, -0.2) is 12.8 Å². The molecule has 0 aliphatic heterocycles. The van der Waals surface area contributed by atoms with Gasteiger partial charge in [0.25, 0.3) is 10.0 Å². The monoisotopic (exact) mass is 377 g/mol. The number of halogens is 3. The second-order valence-corrected chi connectivity index (χ2v) is 7.08. The summed E-state index contributed by atoms with van der Waals surface area (Å²) in [5.41, 5.74) is 1.03. The molecule has 1 N–H and O–H groups in total. The molecule has 0 radical (unpaired) electrons. The van der Waals surface area contributed by atoms with Gasteiger partial charge in [0.05, 0.1) is 10.7 Å². The van der Waals surface area contributed by atoms with E-state index in [1.165, 1.54) is 18.2 Å². The Kier molecular flexibility index (Phi) is 4.36. The maximum atomic E-state index is 13.3. The summed E-state index contributed by atoms with van der Waals surface area (Å²) >= 11 is 8.76. The standard InChI is InChI=1S/C13H10BrClFNO2S/c1-8-2-5-13(10(14)6-8)20(18,19)17-9-3-4-11(15)12(16)7-9/h2-7,17H,1H3. The van der Waals surface area contributed by atoms with Gasteiger partial charge in [0, 0.05) is 4.47 Å². The molecule has 20 heavy (non-hydrogen) atoms. The van der Waals surface area contributed by atoms with Crippen LogP contribution in [0.25, 0.3) is 0 Å². The molecule has 0 aromatic heterocycles. The van der Waals surface area contributed by atoms with Crippen molar-refractivity contribution in [2.75, 3.05) is 4.72 Å². The third-order valence-electron chi connectivity index (χ3n) is 2.55. The number of aryl methyl sites for hydroxylation is 1. The largest absolute Gasteiger partial charge is 0.279 e. The smallest absolute Gasteiger partial charge is 0.263 e. The molecule has 0 aliphatic rings. The highest BCUT2D eigenvalue weighted by Crippen LogP contribution is 2.26. The fourth-order valence-corrected chi connectivity index (χ4v) is 3.95.